The number of rotatable bonds is 4. The zero-order valence-electron chi connectivity index (χ0n) is 11.0. The molecular weight excluding hydrogens is 270 g/mol. The molecule has 0 unspecified atom stereocenters. The Hall–Kier alpha value is -3.02. The fraction of sp³-hybridized carbons (Fsp3) is 0.0667. The van der Waals surface area contributed by atoms with Crippen molar-refractivity contribution in [2.24, 2.45) is 0 Å². The van der Waals surface area contributed by atoms with Gasteiger partial charge in [0.15, 0.2) is 0 Å². The van der Waals surface area contributed by atoms with Gasteiger partial charge >= 0.3 is 0 Å². The molecule has 0 aliphatic rings. The van der Waals surface area contributed by atoms with E-state index >= 15 is 0 Å². The van der Waals surface area contributed by atoms with Crippen molar-refractivity contribution in [3.8, 4) is 11.6 Å². The predicted molar refractivity (Wildman–Crippen MR) is 76.4 cm³/mol. The highest BCUT2D eigenvalue weighted by Gasteiger charge is 2.06. The average molecular weight is 281 g/mol. The topological polar surface area (TPSA) is 74.1 Å². The van der Waals surface area contributed by atoms with Crippen LogP contribution in [0.15, 0.2) is 53.6 Å². The van der Waals surface area contributed by atoms with E-state index in [1.165, 1.54) is 10.6 Å². The Kier molecular flexibility index (Phi) is 3.42. The van der Waals surface area contributed by atoms with Crippen LogP contribution in [0, 0.1) is 0 Å². The van der Waals surface area contributed by atoms with Gasteiger partial charge < -0.3 is 9.53 Å². The maximum Gasteiger partial charge on any atom is 0.252 e. The largest absolute Gasteiger partial charge is 0.437 e. The Balaban J connectivity index is 2.08. The fourth-order valence-corrected chi connectivity index (χ4v) is 1.98. The van der Waals surface area contributed by atoms with Crippen LogP contribution in [0.2, 0.25) is 0 Å². The molecule has 3 aromatic rings. The van der Waals surface area contributed by atoms with Crippen LogP contribution in [0.5, 0.6) is 11.6 Å². The molecule has 0 aliphatic heterocycles. The van der Waals surface area contributed by atoms with Crippen LogP contribution in [0.4, 0.5) is 0 Å². The summed E-state index contributed by atoms with van der Waals surface area (Å²) in [7, 11) is 0. The summed E-state index contributed by atoms with van der Waals surface area (Å²) in [6, 6.07) is 10.1. The Morgan fingerprint density at radius 3 is 2.81 bits per heavy atom. The molecular formula is C15H11N3O3. The summed E-state index contributed by atoms with van der Waals surface area (Å²) in [5.74, 6) is 0.880. The van der Waals surface area contributed by atoms with Gasteiger partial charge in [0.1, 0.15) is 17.7 Å². The summed E-state index contributed by atoms with van der Waals surface area (Å²) in [5, 5.41) is 0.759. The fourth-order valence-electron chi connectivity index (χ4n) is 1.98. The first-order valence-electron chi connectivity index (χ1n) is 6.30. The van der Waals surface area contributed by atoms with Crippen molar-refractivity contribution in [2.45, 2.75) is 6.54 Å². The lowest BCUT2D eigenvalue weighted by molar-refractivity contribution is -0.108. The first-order chi connectivity index (χ1) is 10.3. The number of carbonyl (C=O) groups excluding carboxylic acids is 1. The molecule has 0 spiro atoms. The van der Waals surface area contributed by atoms with E-state index in [0.717, 1.165) is 5.39 Å². The van der Waals surface area contributed by atoms with Crippen molar-refractivity contribution < 1.29 is 9.53 Å². The second-order valence-electron chi connectivity index (χ2n) is 4.30. The van der Waals surface area contributed by atoms with E-state index < -0.39 is 0 Å². The summed E-state index contributed by atoms with van der Waals surface area (Å²) < 4.78 is 6.89. The number of aldehydes is 1. The predicted octanol–water partition coefficient (Wildman–Crippen LogP) is 1.78. The van der Waals surface area contributed by atoms with Crippen molar-refractivity contribution >= 4 is 17.3 Å². The van der Waals surface area contributed by atoms with Gasteiger partial charge in [-0.15, -0.1) is 0 Å². The van der Waals surface area contributed by atoms with E-state index in [-0.39, 0.29) is 12.1 Å². The molecule has 3 heterocycles. The van der Waals surface area contributed by atoms with Gasteiger partial charge in [0.2, 0.25) is 5.88 Å². The number of nitrogens with zero attached hydrogens (tertiary/aromatic N) is 3. The highest BCUT2D eigenvalue weighted by Crippen LogP contribution is 2.20. The maximum absolute atomic E-state index is 11.8. The van der Waals surface area contributed by atoms with Crippen LogP contribution in [-0.2, 0) is 11.3 Å². The summed E-state index contributed by atoms with van der Waals surface area (Å²) >= 11 is 0. The molecule has 0 atom stereocenters. The lowest BCUT2D eigenvalue weighted by atomic mass is 10.3. The standard InChI is InChI=1S/C15H11N3O3/c19-9-8-18-14(20)6-4-11-3-5-13(17-15(11)18)21-12-2-1-7-16-10-12/h1-7,9-10H,8H2. The molecule has 21 heavy (non-hydrogen) atoms. The molecule has 6 heteroatoms. The summed E-state index contributed by atoms with van der Waals surface area (Å²) in [5.41, 5.74) is 0.136. The Morgan fingerprint density at radius 2 is 2.05 bits per heavy atom. The SMILES string of the molecule is O=CCn1c(=O)ccc2ccc(Oc3cccnc3)nc21. The second-order valence-corrected chi connectivity index (χ2v) is 4.30. The first kappa shape index (κ1) is 13.0. The summed E-state index contributed by atoms with van der Waals surface area (Å²) in [4.78, 5) is 30.8. The molecule has 0 aliphatic carbocycles. The maximum atomic E-state index is 11.8. The van der Waals surface area contributed by atoms with Crippen LogP contribution < -0.4 is 10.3 Å². The van der Waals surface area contributed by atoms with Crippen LogP contribution >= 0.6 is 0 Å². The lowest BCUT2D eigenvalue weighted by Crippen LogP contribution is -2.20. The minimum atomic E-state index is -0.277. The molecule has 0 bridgehead atoms. The zero-order valence-corrected chi connectivity index (χ0v) is 11.0. The van der Waals surface area contributed by atoms with Crippen molar-refractivity contribution in [2.75, 3.05) is 0 Å². The van der Waals surface area contributed by atoms with E-state index in [2.05, 4.69) is 9.97 Å². The van der Waals surface area contributed by atoms with Gasteiger partial charge in [0.05, 0.1) is 12.7 Å². The smallest absolute Gasteiger partial charge is 0.252 e. The molecule has 0 N–H and O–H groups in total. The molecule has 6 nitrogen and oxygen atoms in total. The van der Waals surface area contributed by atoms with E-state index in [0.29, 0.717) is 23.6 Å². The number of hydrogen-bond donors (Lipinski definition) is 0. The van der Waals surface area contributed by atoms with Gasteiger partial charge in [-0.1, -0.05) is 0 Å². The molecule has 0 radical (unpaired) electrons. The second kappa shape index (κ2) is 5.54. The molecule has 0 saturated heterocycles. The monoisotopic (exact) mass is 281 g/mol. The van der Waals surface area contributed by atoms with Crippen molar-refractivity contribution in [1.29, 1.82) is 0 Å². The van der Waals surface area contributed by atoms with Gasteiger partial charge in [-0.25, -0.2) is 0 Å². The molecule has 0 amide bonds. The molecule has 0 aromatic carbocycles. The zero-order chi connectivity index (χ0) is 14.7. The van der Waals surface area contributed by atoms with Crippen molar-refractivity contribution in [3.63, 3.8) is 0 Å². The molecule has 3 rings (SSSR count). The summed E-state index contributed by atoms with van der Waals surface area (Å²) in [6.45, 7) is -0.0421. The first-order valence-corrected chi connectivity index (χ1v) is 6.30. The Bertz CT molecular complexity index is 844. The third kappa shape index (κ3) is 2.64. The minimum absolute atomic E-state index is 0.0421. The molecule has 0 saturated carbocycles. The molecule has 0 fully saturated rings. The van der Waals surface area contributed by atoms with E-state index in [9.17, 15) is 9.59 Å². The highest BCUT2D eigenvalue weighted by molar-refractivity contribution is 5.76. The van der Waals surface area contributed by atoms with Crippen LogP contribution in [0.25, 0.3) is 11.0 Å². The van der Waals surface area contributed by atoms with Crippen LogP contribution in [0.1, 0.15) is 0 Å². The van der Waals surface area contributed by atoms with Gasteiger partial charge in [-0.05, 0) is 24.3 Å². The number of carbonyl (C=O) groups is 1. The lowest BCUT2D eigenvalue weighted by Gasteiger charge is -2.08. The Morgan fingerprint density at radius 1 is 1.19 bits per heavy atom. The van der Waals surface area contributed by atoms with Gasteiger partial charge in [0, 0.05) is 23.7 Å². The summed E-state index contributed by atoms with van der Waals surface area (Å²) in [6.07, 6.45) is 3.87. The third-order valence-corrected chi connectivity index (χ3v) is 2.92. The number of hydrogen-bond acceptors (Lipinski definition) is 5. The number of aromatic nitrogens is 3. The minimum Gasteiger partial charge on any atom is -0.437 e. The van der Waals surface area contributed by atoms with Crippen LogP contribution in [0.3, 0.4) is 0 Å². The number of ether oxygens (including phenoxy) is 1. The highest BCUT2D eigenvalue weighted by atomic mass is 16.5. The van der Waals surface area contributed by atoms with Gasteiger partial charge in [0.25, 0.3) is 5.56 Å². The van der Waals surface area contributed by atoms with E-state index in [1.54, 1.807) is 42.7 Å². The van der Waals surface area contributed by atoms with E-state index in [4.69, 9.17) is 4.74 Å². The van der Waals surface area contributed by atoms with Crippen LogP contribution in [-0.4, -0.2) is 20.8 Å². The van der Waals surface area contributed by atoms with E-state index in [1.807, 2.05) is 0 Å². The third-order valence-electron chi connectivity index (χ3n) is 2.92. The molecule has 104 valence electrons. The van der Waals surface area contributed by atoms with Crippen molar-refractivity contribution in [1.82, 2.24) is 14.5 Å². The van der Waals surface area contributed by atoms with Crippen molar-refractivity contribution in [3.05, 3.63) is 59.1 Å². The molecule has 3 aromatic heterocycles. The quantitative estimate of drug-likeness (QED) is 0.681. The van der Waals surface area contributed by atoms with Gasteiger partial charge in [-0.2, -0.15) is 4.98 Å². The Labute approximate surface area is 119 Å². The average Bonchev–Trinajstić information content (AvgIpc) is 2.51. The number of fused-ring (bicyclic) bond motifs is 1. The normalized spacial score (nSPS) is 10.5. The number of pyridine rings is 3. The van der Waals surface area contributed by atoms with Gasteiger partial charge in [-0.3, -0.25) is 14.3 Å².